The Hall–Kier alpha value is -0.900. The number of hydrogen-bond acceptors (Lipinski definition) is 3. The van der Waals surface area contributed by atoms with E-state index in [0.717, 1.165) is 13.0 Å². The van der Waals surface area contributed by atoms with Crippen molar-refractivity contribution in [1.82, 2.24) is 5.32 Å². The molecule has 1 aromatic rings. The predicted molar refractivity (Wildman–Crippen MR) is 65.2 cm³/mol. The molecule has 0 bridgehead atoms. The highest BCUT2D eigenvalue weighted by atomic mass is 16.5. The molecule has 1 atom stereocenters. The average Bonchev–Trinajstić information content (AvgIpc) is 2.28. The zero-order chi connectivity index (χ0) is 11.8. The van der Waals surface area contributed by atoms with Crippen LogP contribution < -0.4 is 5.32 Å². The van der Waals surface area contributed by atoms with E-state index in [0.29, 0.717) is 12.6 Å². The summed E-state index contributed by atoms with van der Waals surface area (Å²) in [4.78, 5) is 0. The number of hydrogen-bond donors (Lipinski definition) is 2. The number of aliphatic hydroxyl groups excluding tert-OH is 1. The minimum absolute atomic E-state index is 0.234. The van der Waals surface area contributed by atoms with Gasteiger partial charge in [0, 0.05) is 26.3 Å². The second kappa shape index (κ2) is 7.39. The summed E-state index contributed by atoms with van der Waals surface area (Å²) in [5, 5.41) is 12.2. The molecule has 90 valence electrons. The lowest BCUT2D eigenvalue weighted by molar-refractivity contribution is 0.185. The molecule has 2 N–H and O–H groups in total. The fourth-order valence-electron chi connectivity index (χ4n) is 1.58. The van der Waals surface area contributed by atoms with E-state index in [9.17, 15) is 0 Å². The monoisotopic (exact) mass is 223 g/mol. The lowest BCUT2D eigenvalue weighted by Gasteiger charge is -2.12. The van der Waals surface area contributed by atoms with Crippen LogP contribution in [-0.4, -0.2) is 24.9 Å². The van der Waals surface area contributed by atoms with Gasteiger partial charge in [-0.15, -0.1) is 0 Å². The zero-order valence-electron chi connectivity index (χ0n) is 10.1. The van der Waals surface area contributed by atoms with Crippen LogP contribution in [0.2, 0.25) is 0 Å². The maximum absolute atomic E-state index is 8.79. The minimum atomic E-state index is 0.234. The normalized spacial score (nSPS) is 12.7. The molecule has 0 radical (unpaired) electrons. The van der Waals surface area contributed by atoms with E-state index in [2.05, 4.69) is 30.4 Å². The maximum atomic E-state index is 8.79. The Morgan fingerprint density at radius 2 is 2.12 bits per heavy atom. The molecule has 0 unspecified atom stereocenters. The van der Waals surface area contributed by atoms with Crippen molar-refractivity contribution >= 4 is 0 Å². The molecular formula is C13H21NO2. The molecule has 1 aromatic carbocycles. The number of nitrogens with one attached hydrogen (secondary N) is 1. The minimum Gasteiger partial charge on any atom is -0.396 e. The predicted octanol–water partition coefficient (Wildman–Crippen LogP) is 1.69. The van der Waals surface area contributed by atoms with Gasteiger partial charge in [0.05, 0.1) is 6.61 Å². The van der Waals surface area contributed by atoms with Gasteiger partial charge < -0.3 is 15.2 Å². The number of ether oxygens (including phenoxy) is 1. The van der Waals surface area contributed by atoms with E-state index in [-0.39, 0.29) is 6.61 Å². The molecule has 0 aliphatic rings. The van der Waals surface area contributed by atoms with Gasteiger partial charge >= 0.3 is 0 Å². The van der Waals surface area contributed by atoms with E-state index in [1.165, 1.54) is 11.1 Å². The summed E-state index contributed by atoms with van der Waals surface area (Å²) in [6.45, 7) is 3.80. The van der Waals surface area contributed by atoms with Gasteiger partial charge in [-0.05, 0) is 24.5 Å². The van der Waals surface area contributed by atoms with Crippen LogP contribution in [0.5, 0.6) is 0 Å². The number of benzene rings is 1. The van der Waals surface area contributed by atoms with Gasteiger partial charge in [-0.3, -0.25) is 0 Å². The van der Waals surface area contributed by atoms with Crippen LogP contribution in [0, 0.1) is 0 Å². The molecule has 0 saturated carbocycles. The van der Waals surface area contributed by atoms with Gasteiger partial charge in [0.15, 0.2) is 0 Å². The van der Waals surface area contributed by atoms with Gasteiger partial charge in [0.25, 0.3) is 0 Å². The summed E-state index contributed by atoms with van der Waals surface area (Å²) in [5.74, 6) is 0. The van der Waals surface area contributed by atoms with Gasteiger partial charge in [0.2, 0.25) is 0 Å². The smallest absolute Gasteiger partial charge is 0.0713 e. The molecule has 0 amide bonds. The summed E-state index contributed by atoms with van der Waals surface area (Å²) in [6, 6.07) is 8.68. The quantitative estimate of drug-likeness (QED) is 0.739. The third-order valence-corrected chi connectivity index (χ3v) is 2.52. The first-order chi connectivity index (χ1) is 7.76. The van der Waals surface area contributed by atoms with E-state index >= 15 is 0 Å². The summed E-state index contributed by atoms with van der Waals surface area (Å²) in [6.07, 6.45) is 0.789. The summed E-state index contributed by atoms with van der Waals surface area (Å²) < 4.78 is 5.09. The van der Waals surface area contributed by atoms with Crippen molar-refractivity contribution < 1.29 is 9.84 Å². The van der Waals surface area contributed by atoms with Crippen molar-refractivity contribution in [2.75, 3.05) is 13.7 Å². The van der Waals surface area contributed by atoms with Gasteiger partial charge in [-0.25, -0.2) is 0 Å². The largest absolute Gasteiger partial charge is 0.396 e. The van der Waals surface area contributed by atoms with Crippen LogP contribution in [-0.2, 0) is 17.9 Å². The molecule has 0 aliphatic carbocycles. The highest BCUT2D eigenvalue weighted by Crippen LogP contribution is 2.06. The summed E-state index contributed by atoms with van der Waals surface area (Å²) >= 11 is 0. The molecule has 1 rings (SSSR count). The summed E-state index contributed by atoms with van der Waals surface area (Å²) in [5.41, 5.74) is 2.44. The third kappa shape index (κ3) is 4.75. The number of rotatable bonds is 7. The number of aliphatic hydroxyl groups is 1. The third-order valence-electron chi connectivity index (χ3n) is 2.52. The first-order valence-corrected chi connectivity index (χ1v) is 5.67. The second-order valence-electron chi connectivity index (χ2n) is 4.05. The van der Waals surface area contributed by atoms with Gasteiger partial charge in [-0.2, -0.15) is 0 Å². The van der Waals surface area contributed by atoms with Crippen molar-refractivity contribution in [3.63, 3.8) is 0 Å². The number of methoxy groups -OCH3 is 1. The Morgan fingerprint density at radius 3 is 2.81 bits per heavy atom. The highest BCUT2D eigenvalue weighted by Gasteiger charge is 2.01. The molecule has 16 heavy (non-hydrogen) atoms. The van der Waals surface area contributed by atoms with E-state index in [4.69, 9.17) is 9.84 Å². The van der Waals surface area contributed by atoms with E-state index in [1.807, 2.05) is 6.07 Å². The molecule has 0 aliphatic heterocycles. The Balaban J connectivity index is 2.44. The second-order valence-corrected chi connectivity index (χ2v) is 4.05. The first-order valence-electron chi connectivity index (χ1n) is 5.67. The Morgan fingerprint density at radius 1 is 1.38 bits per heavy atom. The van der Waals surface area contributed by atoms with Crippen molar-refractivity contribution in [2.45, 2.75) is 32.5 Å². The maximum Gasteiger partial charge on any atom is 0.0713 e. The molecule has 0 aromatic heterocycles. The molecule has 0 saturated heterocycles. The standard InChI is InChI=1S/C13H21NO2/c1-11(6-7-15)14-9-12-4-3-5-13(8-12)10-16-2/h3-5,8,11,14-15H,6-7,9-10H2,1-2H3/t11-/m1/s1. The fraction of sp³-hybridized carbons (Fsp3) is 0.538. The molecule has 3 nitrogen and oxygen atoms in total. The van der Waals surface area contributed by atoms with Crippen LogP contribution >= 0.6 is 0 Å². The lowest BCUT2D eigenvalue weighted by Crippen LogP contribution is -2.26. The molecular weight excluding hydrogens is 202 g/mol. The zero-order valence-corrected chi connectivity index (χ0v) is 10.1. The first kappa shape index (κ1) is 13.2. The van der Waals surface area contributed by atoms with Gasteiger partial charge in [-0.1, -0.05) is 24.3 Å². The fourth-order valence-corrected chi connectivity index (χ4v) is 1.58. The molecule has 0 fully saturated rings. The molecule has 0 spiro atoms. The van der Waals surface area contributed by atoms with Crippen molar-refractivity contribution in [3.8, 4) is 0 Å². The topological polar surface area (TPSA) is 41.5 Å². The van der Waals surface area contributed by atoms with Crippen LogP contribution in [0.15, 0.2) is 24.3 Å². The summed E-state index contributed by atoms with van der Waals surface area (Å²) in [7, 11) is 1.70. The van der Waals surface area contributed by atoms with Gasteiger partial charge in [0.1, 0.15) is 0 Å². The van der Waals surface area contributed by atoms with E-state index < -0.39 is 0 Å². The van der Waals surface area contributed by atoms with Crippen LogP contribution in [0.3, 0.4) is 0 Å². The van der Waals surface area contributed by atoms with Crippen LogP contribution in [0.4, 0.5) is 0 Å². The SMILES string of the molecule is COCc1cccc(CN[C@H](C)CCO)c1. The van der Waals surface area contributed by atoms with Crippen molar-refractivity contribution in [3.05, 3.63) is 35.4 Å². The lowest BCUT2D eigenvalue weighted by atomic mass is 10.1. The van der Waals surface area contributed by atoms with Crippen molar-refractivity contribution in [1.29, 1.82) is 0 Å². The van der Waals surface area contributed by atoms with E-state index in [1.54, 1.807) is 7.11 Å². The Kier molecular flexibility index (Phi) is 6.08. The average molecular weight is 223 g/mol. The Bertz CT molecular complexity index is 302. The van der Waals surface area contributed by atoms with Crippen LogP contribution in [0.25, 0.3) is 0 Å². The highest BCUT2D eigenvalue weighted by molar-refractivity contribution is 5.22. The molecule has 3 heteroatoms. The Labute approximate surface area is 97.4 Å². The van der Waals surface area contributed by atoms with Crippen molar-refractivity contribution in [2.24, 2.45) is 0 Å². The van der Waals surface area contributed by atoms with Crippen LogP contribution in [0.1, 0.15) is 24.5 Å². The molecule has 0 heterocycles.